The van der Waals surface area contributed by atoms with Crippen molar-refractivity contribution in [1.29, 1.82) is 0 Å². The molecule has 14 heavy (non-hydrogen) atoms. The highest BCUT2D eigenvalue weighted by Gasteiger charge is 2.44. The summed E-state index contributed by atoms with van der Waals surface area (Å²) in [5.41, 5.74) is -0.631. The molecule has 0 aromatic heterocycles. The normalized spacial score (nSPS) is 30.1. The van der Waals surface area contributed by atoms with Crippen molar-refractivity contribution in [3.8, 4) is 0 Å². The first kappa shape index (κ1) is 9.93. The Morgan fingerprint density at radius 2 is 2.36 bits per heavy atom. The van der Waals surface area contributed by atoms with Crippen LogP contribution in [0.4, 0.5) is 0 Å². The number of β-amino-alcohol motifs (C(OH)–C–C–N with tert-alkyl or cyclic N) is 1. The third-order valence-corrected chi connectivity index (χ3v) is 3.15. The second kappa shape index (κ2) is 3.51. The summed E-state index contributed by atoms with van der Waals surface area (Å²) in [5.74, 6) is 0.0561. The van der Waals surface area contributed by atoms with E-state index in [9.17, 15) is 9.90 Å². The van der Waals surface area contributed by atoms with Crippen molar-refractivity contribution in [2.24, 2.45) is 0 Å². The van der Waals surface area contributed by atoms with Crippen LogP contribution in [0.15, 0.2) is 0 Å². The molecule has 1 N–H and O–H groups in total. The number of hydrogen-bond donors (Lipinski definition) is 1. The summed E-state index contributed by atoms with van der Waals surface area (Å²) in [4.78, 5) is 13.4. The van der Waals surface area contributed by atoms with Gasteiger partial charge in [-0.25, -0.2) is 0 Å². The van der Waals surface area contributed by atoms with E-state index < -0.39 is 5.60 Å². The fraction of sp³-hybridized carbons (Fsp3) is 0.900. The van der Waals surface area contributed by atoms with Crippen LogP contribution in [0.5, 0.6) is 0 Å². The lowest BCUT2D eigenvalue weighted by molar-refractivity contribution is -0.164. The molecule has 0 aromatic rings. The molecule has 80 valence electrons. The van der Waals surface area contributed by atoms with Gasteiger partial charge in [0.1, 0.15) is 6.10 Å². The fourth-order valence-corrected chi connectivity index (χ4v) is 2.02. The van der Waals surface area contributed by atoms with Crippen molar-refractivity contribution in [1.82, 2.24) is 4.90 Å². The van der Waals surface area contributed by atoms with Crippen LogP contribution in [-0.2, 0) is 9.53 Å². The van der Waals surface area contributed by atoms with Gasteiger partial charge >= 0.3 is 0 Å². The van der Waals surface area contributed by atoms with Crippen LogP contribution in [0.25, 0.3) is 0 Å². The lowest BCUT2D eigenvalue weighted by Gasteiger charge is -2.46. The monoisotopic (exact) mass is 199 g/mol. The van der Waals surface area contributed by atoms with Crippen molar-refractivity contribution in [2.75, 3.05) is 19.7 Å². The molecule has 2 rings (SSSR count). The third-order valence-electron chi connectivity index (χ3n) is 3.15. The largest absolute Gasteiger partial charge is 0.386 e. The van der Waals surface area contributed by atoms with E-state index in [4.69, 9.17) is 4.74 Å². The van der Waals surface area contributed by atoms with Crippen LogP contribution < -0.4 is 0 Å². The highest BCUT2D eigenvalue weighted by atomic mass is 16.5. The van der Waals surface area contributed by atoms with Gasteiger partial charge in [-0.05, 0) is 19.3 Å². The molecule has 2 aliphatic rings. The van der Waals surface area contributed by atoms with Gasteiger partial charge in [-0.3, -0.25) is 4.79 Å². The van der Waals surface area contributed by atoms with Crippen molar-refractivity contribution >= 4 is 5.91 Å². The molecule has 1 amide bonds. The Morgan fingerprint density at radius 3 is 2.86 bits per heavy atom. The Bertz CT molecular complexity index is 230. The number of likely N-dealkylation sites (tertiary alicyclic amines) is 1. The first-order valence-corrected chi connectivity index (χ1v) is 5.27. The first-order chi connectivity index (χ1) is 6.64. The number of ether oxygens (including phenoxy) is 1. The van der Waals surface area contributed by atoms with Gasteiger partial charge in [-0.15, -0.1) is 0 Å². The van der Waals surface area contributed by atoms with E-state index in [1.54, 1.807) is 4.90 Å². The maximum absolute atomic E-state index is 11.7. The van der Waals surface area contributed by atoms with Crippen LogP contribution in [-0.4, -0.2) is 47.3 Å². The summed E-state index contributed by atoms with van der Waals surface area (Å²) in [6.45, 7) is 3.58. The summed E-state index contributed by atoms with van der Waals surface area (Å²) < 4.78 is 5.30. The zero-order chi connectivity index (χ0) is 10.2. The summed E-state index contributed by atoms with van der Waals surface area (Å²) in [5, 5.41) is 9.75. The Morgan fingerprint density at radius 1 is 1.64 bits per heavy atom. The van der Waals surface area contributed by atoms with E-state index in [-0.39, 0.29) is 12.0 Å². The standard InChI is InChI=1S/C10H17NO3/c1-2-10(13)6-11(7-10)9(12)8-4-3-5-14-8/h8,13H,2-7H2,1H3/t8-/m1/s1. The molecular weight excluding hydrogens is 182 g/mol. The average molecular weight is 199 g/mol. The molecule has 1 atom stereocenters. The Balaban J connectivity index is 1.84. The minimum absolute atomic E-state index is 0.0561. The molecule has 2 heterocycles. The second-order valence-corrected chi connectivity index (χ2v) is 4.27. The molecule has 0 aliphatic carbocycles. The molecular formula is C10H17NO3. The average Bonchev–Trinajstić information content (AvgIpc) is 2.64. The molecule has 0 unspecified atom stereocenters. The van der Waals surface area contributed by atoms with E-state index in [1.807, 2.05) is 6.92 Å². The summed E-state index contributed by atoms with van der Waals surface area (Å²) >= 11 is 0. The van der Waals surface area contributed by atoms with Gasteiger partial charge in [-0.1, -0.05) is 6.92 Å². The van der Waals surface area contributed by atoms with Crippen LogP contribution >= 0.6 is 0 Å². The van der Waals surface area contributed by atoms with Crippen molar-refractivity contribution in [2.45, 2.75) is 37.9 Å². The summed E-state index contributed by atoms with van der Waals surface area (Å²) in [6, 6.07) is 0. The Labute approximate surface area is 83.8 Å². The molecule has 0 radical (unpaired) electrons. The predicted octanol–water partition coefficient (Wildman–Crippen LogP) is 0.149. The van der Waals surface area contributed by atoms with Gasteiger partial charge in [0.15, 0.2) is 0 Å². The number of carbonyl (C=O) groups is 1. The van der Waals surface area contributed by atoms with Crippen LogP contribution in [0, 0.1) is 0 Å². The van der Waals surface area contributed by atoms with E-state index in [2.05, 4.69) is 0 Å². The van der Waals surface area contributed by atoms with Crippen LogP contribution in [0.2, 0.25) is 0 Å². The van der Waals surface area contributed by atoms with E-state index in [1.165, 1.54) is 0 Å². The molecule has 0 aromatic carbocycles. The second-order valence-electron chi connectivity index (χ2n) is 4.27. The van der Waals surface area contributed by atoms with Crippen molar-refractivity contribution < 1.29 is 14.6 Å². The molecule has 0 saturated carbocycles. The van der Waals surface area contributed by atoms with E-state index in [0.29, 0.717) is 26.1 Å². The van der Waals surface area contributed by atoms with Crippen molar-refractivity contribution in [3.63, 3.8) is 0 Å². The molecule has 2 saturated heterocycles. The fourth-order valence-electron chi connectivity index (χ4n) is 2.02. The van der Waals surface area contributed by atoms with Gasteiger partial charge in [0, 0.05) is 6.61 Å². The van der Waals surface area contributed by atoms with Crippen LogP contribution in [0.1, 0.15) is 26.2 Å². The third kappa shape index (κ3) is 1.64. The molecule has 2 aliphatic heterocycles. The predicted molar refractivity (Wildman–Crippen MR) is 50.8 cm³/mol. The maximum Gasteiger partial charge on any atom is 0.251 e. The molecule has 2 fully saturated rings. The number of carbonyl (C=O) groups excluding carboxylic acids is 1. The number of aliphatic hydroxyl groups is 1. The summed E-state index contributed by atoms with van der Waals surface area (Å²) in [6.07, 6.45) is 2.28. The molecule has 0 spiro atoms. The smallest absolute Gasteiger partial charge is 0.251 e. The molecule has 4 nitrogen and oxygen atoms in total. The Kier molecular flexibility index (Phi) is 2.49. The molecule has 0 bridgehead atoms. The van der Waals surface area contributed by atoms with Gasteiger partial charge in [-0.2, -0.15) is 0 Å². The topological polar surface area (TPSA) is 49.8 Å². The van der Waals surface area contributed by atoms with Gasteiger partial charge < -0.3 is 14.7 Å². The lowest BCUT2D eigenvalue weighted by Crippen LogP contribution is -2.64. The van der Waals surface area contributed by atoms with Gasteiger partial charge in [0.25, 0.3) is 5.91 Å². The zero-order valence-electron chi connectivity index (χ0n) is 8.53. The lowest BCUT2D eigenvalue weighted by atomic mass is 9.91. The minimum Gasteiger partial charge on any atom is -0.386 e. The number of hydrogen-bond acceptors (Lipinski definition) is 3. The Hall–Kier alpha value is -0.610. The van der Waals surface area contributed by atoms with Crippen molar-refractivity contribution in [3.05, 3.63) is 0 Å². The van der Waals surface area contributed by atoms with Crippen LogP contribution in [0.3, 0.4) is 0 Å². The maximum atomic E-state index is 11.7. The van der Waals surface area contributed by atoms with E-state index >= 15 is 0 Å². The zero-order valence-corrected chi connectivity index (χ0v) is 8.53. The number of nitrogens with zero attached hydrogens (tertiary/aromatic N) is 1. The summed E-state index contributed by atoms with van der Waals surface area (Å²) in [7, 11) is 0. The van der Waals surface area contributed by atoms with Gasteiger partial charge in [0.05, 0.1) is 18.7 Å². The highest BCUT2D eigenvalue weighted by Crippen LogP contribution is 2.26. The SMILES string of the molecule is CCC1(O)CN(C(=O)[C@H]2CCCO2)C1. The number of amides is 1. The quantitative estimate of drug-likeness (QED) is 0.688. The highest BCUT2D eigenvalue weighted by molar-refractivity contribution is 5.82. The minimum atomic E-state index is -0.631. The number of rotatable bonds is 2. The van der Waals surface area contributed by atoms with Gasteiger partial charge in [0.2, 0.25) is 0 Å². The first-order valence-electron chi connectivity index (χ1n) is 5.27. The molecule has 4 heteroatoms. The van der Waals surface area contributed by atoms with E-state index in [0.717, 1.165) is 12.8 Å².